The first-order valence-corrected chi connectivity index (χ1v) is 18.0. The van der Waals surface area contributed by atoms with Crippen molar-refractivity contribution in [3.8, 4) is 5.75 Å². The predicted molar refractivity (Wildman–Crippen MR) is 173 cm³/mol. The van der Waals surface area contributed by atoms with E-state index in [1.807, 2.05) is 32.2 Å². The lowest BCUT2D eigenvalue weighted by Gasteiger charge is -2.25. The topological polar surface area (TPSA) is 129 Å². The highest BCUT2D eigenvalue weighted by Gasteiger charge is 2.28. The predicted octanol–water partition coefficient (Wildman–Crippen LogP) is 7.32. The van der Waals surface area contributed by atoms with Crippen LogP contribution >= 0.6 is 7.60 Å². The van der Waals surface area contributed by atoms with Crippen molar-refractivity contribution in [2.24, 2.45) is 0 Å². The highest BCUT2D eigenvalue weighted by atomic mass is 31.2. The summed E-state index contributed by atoms with van der Waals surface area (Å²) in [7, 11) is -4.46. The summed E-state index contributed by atoms with van der Waals surface area (Å²) in [6.45, 7) is 6.58. The minimum atomic E-state index is -4.46. The number of carbonyl (C=O) groups excluding carboxylic acids is 1. The number of pyridine rings is 1. The molecule has 242 valence electrons. The lowest BCUT2D eigenvalue weighted by molar-refractivity contribution is -0.122. The number of aromatic nitrogens is 1. The number of hydrogen-bond acceptors (Lipinski definition) is 5. The van der Waals surface area contributed by atoms with Gasteiger partial charge in [-0.3, -0.25) is 14.3 Å². The smallest absolute Gasteiger partial charge is 0.328 e. The van der Waals surface area contributed by atoms with Crippen molar-refractivity contribution in [2.45, 2.75) is 136 Å². The maximum Gasteiger partial charge on any atom is 0.328 e. The van der Waals surface area contributed by atoms with E-state index in [9.17, 15) is 24.3 Å². The average Bonchev–Trinajstić information content (AvgIpc) is 2.94. The van der Waals surface area contributed by atoms with Crippen LogP contribution < -0.4 is 10.1 Å². The normalized spacial score (nSPS) is 13.1. The summed E-state index contributed by atoms with van der Waals surface area (Å²) < 4.78 is 17.4. The summed E-state index contributed by atoms with van der Waals surface area (Å²) in [6, 6.07) is 8.53. The molecular formula is C34H55N2O6P. The zero-order valence-electron chi connectivity index (χ0n) is 26.6. The Balaban J connectivity index is 1.75. The number of hydrogen-bond donors (Lipinski definition) is 4. The van der Waals surface area contributed by atoms with Gasteiger partial charge < -0.3 is 24.9 Å². The zero-order valence-corrected chi connectivity index (χ0v) is 27.5. The Morgan fingerprint density at radius 2 is 1.47 bits per heavy atom. The number of ether oxygens (including phenoxy) is 1. The molecule has 1 aromatic heterocycles. The highest BCUT2D eigenvalue weighted by molar-refractivity contribution is 7.51. The molecule has 2 aromatic rings. The molecule has 8 nitrogen and oxygen atoms in total. The molecule has 0 saturated heterocycles. The van der Waals surface area contributed by atoms with E-state index in [0.29, 0.717) is 18.8 Å². The van der Waals surface area contributed by atoms with Gasteiger partial charge in [-0.2, -0.15) is 0 Å². The molecule has 1 amide bonds. The molecule has 0 radical (unpaired) electrons. The van der Waals surface area contributed by atoms with Gasteiger partial charge in [0.2, 0.25) is 5.91 Å². The van der Waals surface area contributed by atoms with Crippen molar-refractivity contribution >= 4 is 13.5 Å². The molecule has 9 heteroatoms. The number of benzene rings is 1. The van der Waals surface area contributed by atoms with Crippen molar-refractivity contribution in [1.82, 2.24) is 10.3 Å². The van der Waals surface area contributed by atoms with Crippen molar-refractivity contribution in [2.75, 3.05) is 6.16 Å². The van der Waals surface area contributed by atoms with Crippen LogP contribution in [0.5, 0.6) is 5.75 Å². The fourth-order valence-electron chi connectivity index (χ4n) is 5.26. The van der Waals surface area contributed by atoms with Gasteiger partial charge >= 0.3 is 7.60 Å². The number of aryl methyl sites for hydroxylation is 2. The number of nitrogens with one attached hydrogen (secondary N) is 1. The van der Waals surface area contributed by atoms with Crippen LogP contribution in [0.25, 0.3) is 0 Å². The summed E-state index contributed by atoms with van der Waals surface area (Å²) in [6.07, 6.45) is 16.2. The van der Waals surface area contributed by atoms with Crippen molar-refractivity contribution < 1.29 is 29.0 Å². The highest BCUT2D eigenvalue weighted by Crippen LogP contribution is 2.36. The Hall–Kier alpha value is -2.25. The van der Waals surface area contributed by atoms with Crippen LogP contribution in [0, 0.1) is 13.8 Å². The lowest BCUT2D eigenvalue weighted by atomic mass is 10.0. The second-order valence-electron chi connectivity index (χ2n) is 12.0. The van der Waals surface area contributed by atoms with Gasteiger partial charge in [0.25, 0.3) is 0 Å². The number of carbonyl (C=O) groups is 1. The van der Waals surface area contributed by atoms with Crippen molar-refractivity contribution in [3.63, 3.8) is 0 Å². The van der Waals surface area contributed by atoms with Crippen LogP contribution in [0.1, 0.15) is 119 Å². The second-order valence-corrected chi connectivity index (χ2v) is 13.7. The molecule has 0 fully saturated rings. The van der Waals surface area contributed by atoms with Gasteiger partial charge in [0.05, 0.1) is 24.0 Å². The first-order chi connectivity index (χ1) is 20.6. The molecule has 0 aliphatic heterocycles. The number of rotatable bonds is 23. The first kappa shape index (κ1) is 36.9. The molecule has 0 saturated carbocycles. The number of aliphatic hydroxyl groups is 1. The van der Waals surface area contributed by atoms with Crippen LogP contribution in [0.3, 0.4) is 0 Å². The minimum absolute atomic E-state index is 0.209. The van der Waals surface area contributed by atoms with E-state index in [4.69, 9.17) is 4.74 Å². The zero-order chi connectivity index (χ0) is 31.5. The molecule has 1 aromatic carbocycles. The second kappa shape index (κ2) is 20.7. The molecule has 43 heavy (non-hydrogen) atoms. The van der Waals surface area contributed by atoms with Crippen LogP contribution in [0.2, 0.25) is 0 Å². The van der Waals surface area contributed by atoms with Gasteiger partial charge in [0, 0.05) is 12.6 Å². The summed E-state index contributed by atoms with van der Waals surface area (Å²) in [5.41, 5.74) is 3.83. The van der Waals surface area contributed by atoms with E-state index in [0.717, 1.165) is 41.6 Å². The van der Waals surface area contributed by atoms with Gasteiger partial charge in [0.15, 0.2) is 0 Å². The van der Waals surface area contributed by atoms with Gasteiger partial charge in [-0.1, -0.05) is 102 Å². The Labute approximate surface area is 259 Å². The van der Waals surface area contributed by atoms with Crippen LogP contribution in [-0.4, -0.2) is 44.1 Å². The van der Waals surface area contributed by atoms with Crippen LogP contribution in [0.15, 0.2) is 36.5 Å². The maximum atomic E-state index is 12.7. The Bertz CT molecular complexity index is 1100. The SMILES string of the molecule is CCCCCCCCCCCCCCCC(=O)N[C@@H](Cc1ccc(OCc2ncc(C)cc2C)cc1)[C@@H](O)CP(=O)(O)O. The summed E-state index contributed by atoms with van der Waals surface area (Å²) in [4.78, 5) is 36.0. The van der Waals surface area contributed by atoms with E-state index in [2.05, 4.69) is 23.3 Å². The van der Waals surface area contributed by atoms with Crippen LogP contribution in [-0.2, 0) is 22.4 Å². The van der Waals surface area contributed by atoms with E-state index < -0.39 is 25.9 Å². The third-order valence-electron chi connectivity index (χ3n) is 7.82. The third-order valence-corrected chi connectivity index (χ3v) is 8.67. The molecule has 0 aliphatic rings. The Morgan fingerprint density at radius 1 is 0.907 bits per heavy atom. The number of nitrogens with zero attached hydrogens (tertiary/aromatic N) is 1. The summed E-state index contributed by atoms with van der Waals surface area (Å²) >= 11 is 0. The average molecular weight is 619 g/mol. The molecule has 0 aliphatic carbocycles. The largest absolute Gasteiger partial charge is 0.487 e. The van der Waals surface area contributed by atoms with Crippen molar-refractivity contribution in [3.05, 3.63) is 58.9 Å². The van der Waals surface area contributed by atoms with Crippen molar-refractivity contribution in [1.29, 1.82) is 0 Å². The molecule has 0 spiro atoms. The summed E-state index contributed by atoms with van der Waals surface area (Å²) in [5, 5.41) is 13.4. The van der Waals surface area contributed by atoms with Crippen LogP contribution in [0.4, 0.5) is 0 Å². The quantitative estimate of drug-likeness (QED) is 0.0758. The van der Waals surface area contributed by atoms with Gasteiger partial charge in [0.1, 0.15) is 12.4 Å². The van der Waals surface area contributed by atoms with Gasteiger partial charge in [-0.15, -0.1) is 0 Å². The Kier molecular flexibility index (Phi) is 17.7. The molecule has 0 bridgehead atoms. The third kappa shape index (κ3) is 17.0. The molecule has 2 atom stereocenters. The number of amides is 1. The fourth-order valence-corrected chi connectivity index (χ4v) is 6.00. The van der Waals surface area contributed by atoms with E-state index in [1.165, 1.54) is 64.2 Å². The van der Waals surface area contributed by atoms with E-state index in [-0.39, 0.29) is 12.3 Å². The summed E-state index contributed by atoms with van der Waals surface area (Å²) in [5.74, 6) is 0.447. The monoisotopic (exact) mass is 618 g/mol. The van der Waals surface area contributed by atoms with E-state index in [1.54, 1.807) is 12.1 Å². The molecular weight excluding hydrogens is 563 g/mol. The minimum Gasteiger partial charge on any atom is -0.487 e. The standard InChI is InChI=1S/C34H55N2O6P/c1-4-5-6-7-8-9-10-11-12-13-14-15-16-17-34(38)36-31(33(37)26-43(39,40)41)23-29-18-20-30(21-19-29)42-25-32-28(3)22-27(2)24-35-32/h18-22,24,31,33,37H,4-17,23,25-26H2,1-3H3,(H,36,38)(H2,39,40,41)/t31-,33-/m0/s1. The lowest BCUT2D eigenvalue weighted by Crippen LogP contribution is -2.46. The Morgan fingerprint density at radius 3 is 2.00 bits per heavy atom. The van der Waals surface area contributed by atoms with Gasteiger partial charge in [-0.05, 0) is 55.5 Å². The first-order valence-electron chi connectivity index (χ1n) is 16.2. The molecule has 2 rings (SSSR count). The molecule has 4 N–H and O–H groups in total. The molecule has 1 heterocycles. The fraction of sp³-hybridized carbons (Fsp3) is 0.647. The number of aliphatic hydroxyl groups excluding tert-OH is 1. The van der Waals surface area contributed by atoms with E-state index >= 15 is 0 Å². The number of unbranched alkanes of at least 4 members (excludes halogenated alkanes) is 12. The van der Waals surface area contributed by atoms with Gasteiger partial charge in [-0.25, -0.2) is 0 Å². The molecule has 0 unspecified atom stereocenters. The maximum absolute atomic E-state index is 12.7.